The van der Waals surface area contributed by atoms with E-state index < -0.39 is 11.7 Å². The number of hydroxylamine groups is 1. The van der Waals surface area contributed by atoms with E-state index in [-0.39, 0.29) is 12.2 Å². The zero-order valence-corrected chi connectivity index (χ0v) is 16.0. The minimum atomic E-state index is -0.473. The van der Waals surface area contributed by atoms with Crippen LogP contribution in [0.25, 0.3) is 0 Å². The van der Waals surface area contributed by atoms with Gasteiger partial charge in [-0.2, -0.15) is 0 Å². The van der Waals surface area contributed by atoms with Crippen LogP contribution in [-0.2, 0) is 11.4 Å². The fraction of sp³-hybridized carbons (Fsp3) is 0.105. The molecule has 134 valence electrons. The highest BCUT2D eigenvalue weighted by atomic mass is 127. The lowest BCUT2D eigenvalue weighted by Gasteiger charge is -2.14. The van der Waals surface area contributed by atoms with Crippen LogP contribution in [0.15, 0.2) is 59.4 Å². The number of rotatable bonds is 6. The van der Waals surface area contributed by atoms with E-state index in [1.807, 2.05) is 25.1 Å². The summed E-state index contributed by atoms with van der Waals surface area (Å²) in [5, 5.41) is 3.12. The average Bonchev–Trinajstić information content (AvgIpc) is 3.11. The van der Waals surface area contributed by atoms with Gasteiger partial charge in [0, 0.05) is 14.8 Å². The van der Waals surface area contributed by atoms with E-state index in [4.69, 9.17) is 9.25 Å². The predicted molar refractivity (Wildman–Crippen MR) is 105 cm³/mol. The number of benzene rings is 2. The highest BCUT2D eigenvalue weighted by molar-refractivity contribution is 14.1. The number of carbonyl (C=O) groups is 1. The predicted octanol–water partition coefficient (Wildman–Crippen LogP) is 4.94. The molecule has 0 aliphatic rings. The Hall–Kier alpha value is -2.39. The van der Waals surface area contributed by atoms with Crippen LogP contribution in [0.3, 0.4) is 0 Å². The number of halogens is 2. The average molecular weight is 466 g/mol. The van der Waals surface area contributed by atoms with Gasteiger partial charge in [0.05, 0.1) is 23.8 Å². The van der Waals surface area contributed by atoms with Gasteiger partial charge in [-0.05, 0) is 77.5 Å². The normalized spacial score (nSPS) is 10.6. The molecule has 0 saturated heterocycles. The van der Waals surface area contributed by atoms with Gasteiger partial charge in [-0.25, -0.2) is 9.87 Å². The van der Waals surface area contributed by atoms with Crippen molar-refractivity contribution in [2.45, 2.75) is 13.5 Å². The number of amides is 1. The van der Waals surface area contributed by atoms with E-state index in [9.17, 15) is 9.18 Å². The van der Waals surface area contributed by atoms with Crippen LogP contribution in [-0.4, -0.2) is 5.91 Å². The first-order valence-corrected chi connectivity index (χ1v) is 8.87. The number of furan rings is 1. The summed E-state index contributed by atoms with van der Waals surface area (Å²) in [6.45, 7) is 2.11. The van der Waals surface area contributed by atoms with Gasteiger partial charge in [-0.1, -0.05) is 0 Å². The second kappa shape index (κ2) is 8.33. The van der Waals surface area contributed by atoms with Crippen molar-refractivity contribution < 1.29 is 18.4 Å². The van der Waals surface area contributed by atoms with Crippen LogP contribution < -0.4 is 10.8 Å². The Bertz CT molecular complexity index is 913. The summed E-state index contributed by atoms with van der Waals surface area (Å²) >= 11 is 2.22. The first-order chi connectivity index (χ1) is 12.5. The summed E-state index contributed by atoms with van der Waals surface area (Å²) in [5.74, 6) is -0.911. The van der Waals surface area contributed by atoms with Gasteiger partial charge in [0.2, 0.25) is 0 Å². The minimum Gasteiger partial charge on any atom is -0.472 e. The van der Waals surface area contributed by atoms with Crippen molar-refractivity contribution in [3.8, 4) is 0 Å². The fourth-order valence-electron chi connectivity index (χ4n) is 2.35. The van der Waals surface area contributed by atoms with Gasteiger partial charge < -0.3 is 9.73 Å². The molecule has 0 fully saturated rings. The molecule has 1 amide bonds. The zero-order chi connectivity index (χ0) is 18.5. The van der Waals surface area contributed by atoms with Crippen LogP contribution in [0, 0.1) is 16.3 Å². The molecular weight excluding hydrogens is 450 g/mol. The quantitative estimate of drug-likeness (QED) is 0.399. The number of aryl methyl sites for hydroxylation is 1. The summed E-state index contributed by atoms with van der Waals surface area (Å²) in [4.78, 5) is 17.6. The molecule has 0 spiro atoms. The Morgan fingerprint density at radius 2 is 2.04 bits per heavy atom. The molecule has 0 radical (unpaired) electrons. The van der Waals surface area contributed by atoms with Crippen molar-refractivity contribution in [1.29, 1.82) is 0 Å². The number of hydrogen-bond donors (Lipinski definition) is 2. The van der Waals surface area contributed by atoms with E-state index in [2.05, 4.69) is 33.4 Å². The van der Waals surface area contributed by atoms with Gasteiger partial charge in [0.1, 0.15) is 12.4 Å². The van der Waals surface area contributed by atoms with Crippen LogP contribution in [0.2, 0.25) is 0 Å². The largest absolute Gasteiger partial charge is 0.472 e. The van der Waals surface area contributed by atoms with Crippen LogP contribution in [0.4, 0.5) is 15.8 Å². The lowest BCUT2D eigenvalue weighted by molar-refractivity contribution is 0.0232. The number of carbonyl (C=O) groups excluding carboxylic acids is 1. The molecule has 1 aromatic heterocycles. The third-order valence-corrected chi connectivity index (χ3v) is 4.34. The molecule has 5 nitrogen and oxygen atoms in total. The molecule has 0 saturated carbocycles. The summed E-state index contributed by atoms with van der Waals surface area (Å²) in [7, 11) is 0. The van der Waals surface area contributed by atoms with Crippen LogP contribution in [0.1, 0.15) is 21.5 Å². The molecule has 0 aliphatic heterocycles. The maximum absolute atomic E-state index is 13.7. The maximum Gasteiger partial charge on any atom is 0.276 e. The third kappa shape index (κ3) is 4.61. The van der Waals surface area contributed by atoms with Crippen molar-refractivity contribution in [3.63, 3.8) is 0 Å². The van der Waals surface area contributed by atoms with Crippen LogP contribution in [0.5, 0.6) is 0 Å². The van der Waals surface area contributed by atoms with Crippen LogP contribution >= 0.6 is 22.6 Å². The highest BCUT2D eigenvalue weighted by Gasteiger charge is 2.14. The first-order valence-electron chi connectivity index (χ1n) is 7.79. The molecule has 3 aromatic rings. The second-order valence-corrected chi connectivity index (χ2v) is 6.87. The Labute approximate surface area is 163 Å². The van der Waals surface area contributed by atoms with E-state index in [0.29, 0.717) is 5.69 Å². The molecule has 3 rings (SSSR count). The SMILES string of the molecule is Cc1cc(I)ccc1Nc1cc(F)ccc1C(=O)NOCc1ccoc1. The third-order valence-electron chi connectivity index (χ3n) is 3.67. The smallest absolute Gasteiger partial charge is 0.276 e. The van der Waals surface area contributed by atoms with Gasteiger partial charge in [-0.15, -0.1) is 0 Å². The molecule has 1 heterocycles. The molecule has 26 heavy (non-hydrogen) atoms. The highest BCUT2D eigenvalue weighted by Crippen LogP contribution is 2.25. The number of nitrogens with one attached hydrogen (secondary N) is 2. The second-order valence-electron chi connectivity index (χ2n) is 5.63. The van der Waals surface area contributed by atoms with E-state index >= 15 is 0 Å². The monoisotopic (exact) mass is 466 g/mol. The zero-order valence-electron chi connectivity index (χ0n) is 13.9. The van der Waals surface area contributed by atoms with Gasteiger partial charge in [0.25, 0.3) is 5.91 Å². The summed E-state index contributed by atoms with van der Waals surface area (Å²) in [6, 6.07) is 11.5. The molecule has 0 atom stereocenters. The van der Waals surface area contributed by atoms with Crippen molar-refractivity contribution in [1.82, 2.24) is 5.48 Å². The van der Waals surface area contributed by atoms with Crippen molar-refractivity contribution >= 4 is 39.9 Å². The molecule has 0 aliphatic carbocycles. The summed E-state index contributed by atoms with van der Waals surface area (Å²) in [6.07, 6.45) is 3.04. The maximum atomic E-state index is 13.7. The molecule has 2 aromatic carbocycles. The standard InChI is InChI=1S/C19H16FIN2O3/c1-12-8-15(21)3-5-17(12)22-18-9-14(20)2-4-16(18)19(24)23-26-11-13-6-7-25-10-13/h2-10,22H,11H2,1H3,(H,23,24). The molecule has 2 N–H and O–H groups in total. The number of hydrogen-bond acceptors (Lipinski definition) is 4. The molecular formula is C19H16FIN2O3. The van der Waals surface area contributed by atoms with Crippen molar-refractivity contribution in [3.05, 3.63) is 81.1 Å². The summed E-state index contributed by atoms with van der Waals surface area (Å²) in [5.41, 5.74) is 5.57. The Morgan fingerprint density at radius 1 is 1.19 bits per heavy atom. The van der Waals surface area contributed by atoms with E-state index in [1.165, 1.54) is 30.7 Å². The van der Waals surface area contributed by atoms with Gasteiger partial charge in [0.15, 0.2) is 0 Å². The summed E-state index contributed by atoms with van der Waals surface area (Å²) < 4.78 is 19.7. The Balaban J connectivity index is 1.75. The van der Waals surface area contributed by atoms with Gasteiger partial charge >= 0.3 is 0 Å². The lowest BCUT2D eigenvalue weighted by atomic mass is 10.1. The Morgan fingerprint density at radius 3 is 2.77 bits per heavy atom. The first kappa shape index (κ1) is 18.4. The topological polar surface area (TPSA) is 63.5 Å². The minimum absolute atomic E-state index is 0.169. The fourth-order valence-corrected chi connectivity index (χ4v) is 2.99. The van der Waals surface area contributed by atoms with E-state index in [1.54, 1.807) is 6.07 Å². The Kier molecular flexibility index (Phi) is 5.89. The molecule has 0 unspecified atom stereocenters. The lowest BCUT2D eigenvalue weighted by Crippen LogP contribution is -2.24. The van der Waals surface area contributed by atoms with Crippen molar-refractivity contribution in [2.75, 3.05) is 5.32 Å². The van der Waals surface area contributed by atoms with E-state index in [0.717, 1.165) is 20.4 Å². The molecule has 0 bridgehead atoms. The molecule has 7 heteroatoms. The van der Waals surface area contributed by atoms with Gasteiger partial charge in [-0.3, -0.25) is 9.63 Å². The van der Waals surface area contributed by atoms with Crippen molar-refractivity contribution in [2.24, 2.45) is 0 Å². The number of anilines is 2.